The topological polar surface area (TPSA) is 29.5 Å². The highest BCUT2D eigenvalue weighted by atomic mass is 16.5. The number of aliphatic hydroxyl groups is 1. The maximum absolute atomic E-state index is 10.6. The van der Waals surface area contributed by atoms with Crippen LogP contribution in [0.4, 0.5) is 0 Å². The molecule has 4 fully saturated rings. The Labute approximate surface area is 154 Å². The maximum Gasteiger partial charge on any atom is 0.0789 e. The first-order valence-electron chi connectivity index (χ1n) is 10.7. The summed E-state index contributed by atoms with van der Waals surface area (Å²) in [6.45, 7) is 9.38. The standard InChI is InChI=1S/C23H38O2/c1-6-17-20(25-5)13-19-16-8-7-15-14-21(2,24)11-12-22(15,3)18(16)9-10-23(17,19)4/h6,15-16,18-20,24H,7-14H2,1-5H3/b17-6-/t15-,16+,18-,19-,20+,21+,22-,23+/m0/s1. The molecule has 1 N–H and O–H groups in total. The Kier molecular flexibility index (Phi) is 4.21. The van der Waals surface area contributed by atoms with Crippen LogP contribution in [0, 0.1) is 34.5 Å². The molecule has 142 valence electrons. The maximum atomic E-state index is 10.6. The summed E-state index contributed by atoms with van der Waals surface area (Å²) in [6.07, 6.45) is 12.6. The van der Waals surface area contributed by atoms with Crippen molar-refractivity contribution < 1.29 is 9.84 Å². The van der Waals surface area contributed by atoms with Crippen LogP contribution in [0.1, 0.15) is 79.1 Å². The Bertz CT molecular complexity index is 564. The summed E-state index contributed by atoms with van der Waals surface area (Å²) in [7, 11) is 1.90. The fourth-order valence-electron chi connectivity index (χ4n) is 8.01. The fraction of sp³-hybridized carbons (Fsp3) is 0.913. The molecule has 0 bridgehead atoms. The van der Waals surface area contributed by atoms with E-state index in [9.17, 15) is 5.11 Å². The summed E-state index contributed by atoms with van der Waals surface area (Å²) < 4.78 is 5.91. The van der Waals surface area contributed by atoms with Crippen LogP contribution >= 0.6 is 0 Å². The fourth-order valence-corrected chi connectivity index (χ4v) is 8.01. The number of methoxy groups -OCH3 is 1. The van der Waals surface area contributed by atoms with Crippen molar-refractivity contribution in [1.29, 1.82) is 0 Å². The Morgan fingerprint density at radius 1 is 1.04 bits per heavy atom. The Balaban J connectivity index is 1.64. The average molecular weight is 347 g/mol. The highest BCUT2D eigenvalue weighted by Gasteiger charge is 2.61. The molecule has 0 amide bonds. The largest absolute Gasteiger partial charge is 0.390 e. The summed E-state index contributed by atoms with van der Waals surface area (Å²) in [6, 6.07) is 0. The van der Waals surface area contributed by atoms with Gasteiger partial charge in [0.2, 0.25) is 0 Å². The van der Waals surface area contributed by atoms with E-state index >= 15 is 0 Å². The van der Waals surface area contributed by atoms with Crippen LogP contribution in [0.25, 0.3) is 0 Å². The van der Waals surface area contributed by atoms with Crippen LogP contribution in [0.15, 0.2) is 11.6 Å². The van der Waals surface area contributed by atoms with E-state index in [4.69, 9.17) is 4.74 Å². The highest BCUT2D eigenvalue weighted by molar-refractivity contribution is 5.28. The highest BCUT2D eigenvalue weighted by Crippen LogP contribution is 2.68. The summed E-state index contributed by atoms with van der Waals surface area (Å²) in [4.78, 5) is 0. The number of allylic oxidation sites excluding steroid dienone is 1. The number of hydrogen-bond donors (Lipinski definition) is 1. The molecule has 4 rings (SSSR count). The molecule has 4 saturated carbocycles. The minimum Gasteiger partial charge on any atom is -0.390 e. The zero-order chi connectivity index (χ0) is 18.0. The van der Waals surface area contributed by atoms with Crippen LogP contribution < -0.4 is 0 Å². The second kappa shape index (κ2) is 5.83. The van der Waals surface area contributed by atoms with Gasteiger partial charge in [0.1, 0.15) is 0 Å². The van der Waals surface area contributed by atoms with E-state index < -0.39 is 5.60 Å². The molecule has 2 nitrogen and oxygen atoms in total. The number of hydrogen-bond acceptors (Lipinski definition) is 2. The number of fused-ring (bicyclic) bond motifs is 5. The molecule has 8 atom stereocenters. The van der Waals surface area contributed by atoms with Gasteiger partial charge in [-0.2, -0.15) is 0 Å². The lowest BCUT2D eigenvalue weighted by Crippen LogP contribution is -2.55. The van der Waals surface area contributed by atoms with Crippen molar-refractivity contribution >= 4 is 0 Å². The van der Waals surface area contributed by atoms with Crippen molar-refractivity contribution in [1.82, 2.24) is 0 Å². The van der Waals surface area contributed by atoms with Gasteiger partial charge in [0.05, 0.1) is 11.7 Å². The van der Waals surface area contributed by atoms with Gasteiger partial charge in [0.25, 0.3) is 0 Å². The number of ether oxygens (including phenoxy) is 1. The lowest BCUT2D eigenvalue weighted by Gasteiger charge is -2.61. The zero-order valence-electron chi connectivity index (χ0n) is 17.0. The lowest BCUT2D eigenvalue weighted by atomic mass is 9.44. The predicted molar refractivity (Wildman–Crippen MR) is 102 cm³/mol. The van der Waals surface area contributed by atoms with Crippen molar-refractivity contribution in [2.45, 2.75) is 90.8 Å². The van der Waals surface area contributed by atoms with Crippen molar-refractivity contribution in [3.05, 3.63) is 11.6 Å². The third-order valence-electron chi connectivity index (χ3n) is 9.41. The minimum atomic E-state index is -0.424. The molecule has 0 aliphatic heterocycles. The summed E-state index contributed by atoms with van der Waals surface area (Å²) >= 11 is 0. The van der Waals surface area contributed by atoms with Crippen molar-refractivity contribution in [2.24, 2.45) is 34.5 Å². The first-order valence-corrected chi connectivity index (χ1v) is 10.7. The quantitative estimate of drug-likeness (QED) is 0.648. The summed E-state index contributed by atoms with van der Waals surface area (Å²) in [5.41, 5.74) is 1.97. The van der Waals surface area contributed by atoms with Gasteiger partial charge < -0.3 is 9.84 Å². The van der Waals surface area contributed by atoms with E-state index in [1.807, 2.05) is 7.11 Å². The van der Waals surface area contributed by atoms with Gasteiger partial charge in [-0.1, -0.05) is 19.9 Å². The van der Waals surface area contributed by atoms with E-state index in [1.165, 1.54) is 38.5 Å². The van der Waals surface area contributed by atoms with Crippen LogP contribution in [-0.2, 0) is 4.74 Å². The first-order chi connectivity index (χ1) is 11.7. The molecule has 4 aliphatic carbocycles. The lowest BCUT2D eigenvalue weighted by molar-refractivity contribution is -0.139. The van der Waals surface area contributed by atoms with Gasteiger partial charge >= 0.3 is 0 Å². The third-order valence-corrected chi connectivity index (χ3v) is 9.41. The SMILES string of the molecule is C/C=C1/[C@H](OC)C[C@H]2[C@@H]3CC[C@H]4C[C@](C)(O)CC[C@]4(C)[C@H]3CC[C@]12C. The normalized spacial score (nSPS) is 57.0. The molecule has 0 unspecified atom stereocenters. The van der Waals surface area contributed by atoms with Crippen LogP contribution in [0.2, 0.25) is 0 Å². The molecule has 0 radical (unpaired) electrons. The van der Waals surface area contributed by atoms with Crippen LogP contribution in [0.3, 0.4) is 0 Å². The van der Waals surface area contributed by atoms with E-state index in [-0.39, 0.29) is 0 Å². The second-order valence-corrected chi connectivity index (χ2v) is 10.5. The summed E-state index contributed by atoms with van der Waals surface area (Å²) in [5, 5.41) is 10.6. The average Bonchev–Trinajstić information content (AvgIpc) is 2.87. The van der Waals surface area contributed by atoms with Crippen molar-refractivity contribution in [3.63, 3.8) is 0 Å². The monoisotopic (exact) mass is 346 g/mol. The molecule has 0 saturated heterocycles. The van der Waals surface area contributed by atoms with Gasteiger partial charge in [0.15, 0.2) is 0 Å². The van der Waals surface area contributed by atoms with Gasteiger partial charge in [0, 0.05) is 7.11 Å². The Hall–Kier alpha value is -0.340. The van der Waals surface area contributed by atoms with E-state index in [0.717, 1.165) is 36.5 Å². The van der Waals surface area contributed by atoms with Crippen LogP contribution in [-0.4, -0.2) is 23.9 Å². The van der Waals surface area contributed by atoms with E-state index in [2.05, 4.69) is 33.8 Å². The molecule has 25 heavy (non-hydrogen) atoms. The molecule has 2 heteroatoms. The van der Waals surface area contributed by atoms with Gasteiger partial charge in [-0.3, -0.25) is 0 Å². The Morgan fingerprint density at radius 2 is 1.80 bits per heavy atom. The molecule has 0 aromatic rings. The van der Waals surface area contributed by atoms with Crippen molar-refractivity contribution in [2.75, 3.05) is 7.11 Å². The molecule has 0 aromatic heterocycles. The predicted octanol–water partition coefficient (Wildman–Crippen LogP) is 5.35. The molecule has 0 spiro atoms. The molecule has 0 heterocycles. The van der Waals surface area contributed by atoms with Gasteiger partial charge in [-0.15, -0.1) is 0 Å². The molecular weight excluding hydrogens is 308 g/mol. The third kappa shape index (κ3) is 2.50. The Morgan fingerprint density at radius 3 is 2.48 bits per heavy atom. The molecule has 0 aromatic carbocycles. The van der Waals surface area contributed by atoms with Gasteiger partial charge in [-0.25, -0.2) is 0 Å². The van der Waals surface area contributed by atoms with E-state index in [0.29, 0.717) is 16.9 Å². The number of rotatable bonds is 1. The minimum absolute atomic E-state index is 0.344. The zero-order valence-corrected chi connectivity index (χ0v) is 17.0. The first kappa shape index (κ1) is 18.0. The van der Waals surface area contributed by atoms with Crippen molar-refractivity contribution in [3.8, 4) is 0 Å². The van der Waals surface area contributed by atoms with Crippen LogP contribution in [0.5, 0.6) is 0 Å². The smallest absolute Gasteiger partial charge is 0.0789 e. The summed E-state index contributed by atoms with van der Waals surface area (Å²) in [5.74, 6) is 3.23. The van der Waals surface area contributed by atoms with Gasteiger partial charge in [-0.05, 0) is 105 Å². The second-order valence-electron chi connectivity index (χ2n) is 10.5. The molecular formula is C23H38O2. The molecule has 4 aliphatic rings. The van der Waals surface area contributed by atoms with E-state index in [1.54, 1.807) is 5.57 Å².